The van der Waals surface area contributed by atoms with Gasteiger partial charge in [-0.25, -0.2) is 14.5 Å². The fourth-order valence-electron chi connectivity index (χ4n) is 5.20. The molecule has 0 radical (unpaired) electrons. The van der Waals surface area contributed by atoms with Crippen molar-refractivity contribution >= 4 is 23.5 Å². The summed E-state index contributed by atoms with van der Waals surface area (Å²) in [6.07, 6.45) is -1.52. The Morgan fingerprint density at radius 1 is 1.03 bits per heavy atom. The predicted octanol–water partition coefficient (Wildman–Crippen LogP) is 4.97. The van der Waals surface area contributed by atoms with E-state index in [1.54, 1.807) is 0 Å². The van der Waals surface area contributed by atoms with Crippen molar-refractivity contribution in [3.05, 3.63) is 35.0 Å². The molecule has 2 heterocycles. The second kappa shape index (κ2) is 10.1. The first kappa shape index (κ1) is 26.3. The molecule has 1 saturated carbocycles. The van der Waals surface area contributed by atoms with Crippen molar-refractivity contribution in [3.63, 3.8) is 0 Å². The van der Waals surface area contributed by atoms with E-state index in [2.05, 4.69) is 25.4 Å². The molecular weight excluding hydrogens is 508 g/mol. The molecule has 9 nitrogen and oxygen atoms in total. The number of carbonyl (C=O) groups excluding carboxylic acids is 1. The maximum absolute atomic E-state index is 14.0. The molecule has 206 valence electrons. The number of carbonyl (C=O) groups is 1. The number of ether oxygens (including phenoxy) is 2. The highest BCUT2D eigenvalue weighted by atomic mass is 19.3. The number of aromatic nitrogens is 2. The van der Waals surface area contributed by atoms with Crippen LogP contribution in [0.15, 0.2) is 18.2 Å². The largest absolute Gasteiger partial charge is 0.540 e. The summed E-state index contributed by atoms with van der Waals surface area (Å²) in [5.41, 5.74) is 1.44. The summed E-state index contributed by atoms with van der Waals surface area (Å²) >= 11 is 0. The number of amides is 2. The topological polar surface area (TPSA) is 101 Å². The van der Waals surface area contributed by atoms with Crippen LogP contribution in [0.3, 0.4) is 0 Å². The van der Waals surface area contributed by atoms with Crippen LogP contribution < -0.4 is 25.6 Å². The molecule has 2 aromatic rings. The third kappa shape index (κ3) is 5.71. The Hall–Kier alpha value is -3.35. The first-order valence-corrected chi connectivity index (χ1v) is 12.7. The minimum absolute atomic E-state index is 0.00468. The van der Waals surface area contributed by atoms with E-state index in [1.807, 2.05) is 19.0 Å². The first-order chi connectivity index (χ1) is 18.0. The molecule has 3 N–H and O–H groups in total. The van der Waals surface area contributed by atoms with Crippen molar-refractivity contribution in [1.82, 2.24) is 15.3 Å². The minimum atomic E-state index is -4.45. The number of halogens is 4. The number of fused-ring (bicyclic) bond motifs is 2. The maximum Gasteiger partial charge on any atom is 0.540 e. The number of urea groups is 1. The Labute approximate surface area is 217 Å². The first-order valence-electron chi connectivity index (χ1n) is 12.7. The smallest absolute Gasteiger partial charge is 0.409 e. The third-order valence-corrected chi connectivity index (χ3v) is 7.01. The van der Waals surface area contributed by atoms with Gasteiger partial charge in [-0.3, -0.25) is 0 Å². The molecule has 0 saturated heterocycles. The van der Waals surface area contributed by atoms with Gasteiger partial charge in [0.05, 0.1) is 11.3 Å². The number of benzene rings is 1. The monoisotopic (exact) mass is 538 g/mol. The van der Waals surface area contributed by atoms with E-state index in [-0.39, 0.29) is 17.8 Å². The Morgan fingerprint density at radius 2 is 1.74 bits per heavy atom. The van der Waals surface area contributed by atoms with Crippen molar-refractivity contribution < 1.29 is 31.8 Å². The van der Waals surface area contributed by atoms with Crippen LogP contribution in [0.25, 0.3) is 0 Å². The molecule has 2 amide bonds. The van der Waals surface area contributed by atoms with Crippen LogP contribution in [0.4, 0.5) is 39.8 Å². The van der Waals surface area contributed by atoms with Gasteiger partial charge >= 0.3 is 18.4 Å². The van der Waals surface area contributed by atoms with Gasteiger partial charge in [-0.15, -0.1) is 8.78 Å². The molecule has 38 heavy (non-hydrogen) atoms. The number of anilines is 3. The predicted molar refractivity (Wildman–Crippen MR) is 132 cm³/mol. The highest BCUT2D eigenvalue weighted by Gasteiger charge is 2.54. The number of hydrogen-bond donors (Lipinski definition) is 3. The normalized spacial score (nSPS) is 23.3. The molecule has 3 aliphatic rings. The molecule has 1 aromatic heterocycles. The molecule has 13 heteroatoms. The van der Waals surface area contributed by atoms with Crippen LogP contribution >= 0.6 is 0 Å². The number of nitrogens with one attached hydrogen (secondary N) is 3. The van der Waals surface area contributed by atoms with E-state index >= 15 is 0 Å². The zero-order valence-electron chi connectivity index (χ0n) is 21.1. The van der Waals surface area contributed by atoms with Crippen molar-refractivity contribution in [2.24, 2.45) is 0 Å². The summed E-state index contributed by atoms with van der Waals surface area (Å²) in [6, 6.07) is 2.47. The van der Waals surface area contributed by atoms with Gasteiger partial charge in [0.2, 0.25) is 5.95 Å². The molecule has 0 spiro atoms. The summed E-state index contributed by atoms with van der Waals surface area (Å²) < 4.78 is 62.0. The average Bonchev–Trinajstić information content (AvgIpc) is 2.84. The van der Waals surface area contributed by atoms with Crippen LogP contribution in [0.1, 0.15) is 55.3 Å². The minimum Gasteiger partial charge on any atom is -0.409 e. The molecule has 0 atom stereocenters. The summed E-state index contributed by atoms with van der Waals surface area (Å²) in [6.45, 7) is 0. The Kier molecular flexibility index (Phi) is 6.97. The summed E-state index contributed by atoms with van der Waals surface area (Å²) in [5, 5.41) is 8.77. The standard InChI is InChI=1S/C25H30F4N6O3/c1-35(2)21-17-5-3-4-6-19(17)33-22(34-21)30-14-7-9-15(10-8-14)31-23(36)32-16-11-12-20-18(13-16)24(26,27)38-25(28,29)37-20/h11-15H,3-10H2,1-2H3,(H,30,33,34)(H2,31,32,36)/t14-,15+. The second-order valence-corrected chi connectivity index (χ2v) is 10.1. The molecule has 1 aliphatic heterocycles. The van der Waals surface area contributed by atoms with Crippen molar-refractivity contribution in [2.75, 3.05) is 29.6 Å². The highest BCUT2D eigenvalue weighted by molar-refractivity contribution is 5.89. The summed E-state index contributed by atoms with van der Waals surface area (Å²) in [4.78, 5) is 24.0. The summed E-state index contributed by atoms with van der Waals surface area (Å²) in [5.74, 6) is 0.859. The van der Waals surface area contributed by atoms with Gasteiger partial charge in [0.15, 0.2) is 0 Å². The van der Waals surface area contributed by atoms with Gasteiger partial charge in [0, 0.05) is 37.4 Å². The third-order valence-electron chi connectivity index (χ3n) is 7.01. The number of aryl methyl sites for hydroxylation is 1. The van der Waals surface area contributed by atoms with Gasteiger partial charge in [0.25, 0.3) is 0 Å². The van der Waals surface area contributed by atoms with E-state index in [9.17, 15) is 22.4 Å². The van der Waals surface area contributed by atoms with Crippen LogP contribution in [0.2, 0.25) is 0 Å². The van der Waals surface area contributed by atoms with Crippen molar-refractivity contribution in [2.45, 2.75) is 75.9 Å². The van der Waals surface area contributed by atoms with Crippen LogP contribution in [0.5, 0.6) is 5.75 Å². The lowest BCUT2D eigenvalue weighted by Gasteiger charge is -2.31. The molecule has 1 aromatic carbocycles. The van der Waals surface area contributed by atoms with Crippen LogP contribution in [-0.2, 0) is 23.7 Å². The van der Waals surface area contributed by atoms with Gasteiger partial charge in [-0.2, -0.15) is 13.8 Å². The van der Waals surface area contributed by atoms with E-state index in [1.165, 1.54) is 11.6 Å². The SMILES string of the molecule is CN(C)c1nc(N[C@H]2CC[C@@H](NC(=O)Nc3ccc4c(c3)C(F)(F)OC(F)(F)O4)CC2)nc2c1CCCC2. The number of nitrogens with zero attached hydrogens (tertiary/aromatic N) is 3. The Balaban J connectivity index is 1.15. The molecule has 0 unspecified atom stereocenters. The summed E-state index contributed by atoms with van der Waals surface area (Å²) in [7, 11) is 3.97. The number of alkyl halides is 4. The fraction of sp³-hybridized carbons (Fsp3) is 0.560. The van der Waals surface area contributed by atoms with E-state index < -0.39 is 29.7 Å². The van der Waals surface area contributed by atoms with Crippen LogP contribution in [-0.4, -0.2) is 48.5 Å². The quantitative estimate of drug-likeness (QED) is 0.462. The van der Waals surface area contributed by atoms with Gasteiger partial charge in [-0.1, -0.05) is 0 Å². The lowest BCUT2D eigenvalue weighted by atomic mass is 9.91. The van der Waals surface area contributed by atoms with Crippen LogP contribution in [0, 0.1) is 0 Å². The number of rotatable bonds is 5. The zero-order valence-corrected chi connectivity index (χ0v) is 21.1. The molecule has 1 fully saturated rings. The van der Waals surface area contributed by atoms with Gasteiger partial charge in [0.1, 0.15) is 11.6 Å². The number of hydrogen-bond acceptors (Lipinski definition) is 7. The fourth-order valence-corrected chi connectivity index (χ4v) is 5.20. The van der Waals surface area contributed by atoms with Crippen molar-refractivity contribution in [1.29, 1.82) is 0 Å². The lowest BCUT2D eigenvalue weighted by Crippen LogP contribution is -2.42. The van der Waals surface area contributed by atoms with E-state index in [0.29, 0.717) is 18.8 Å². The Bertz CT molecular complexity index is 1200. The lowest BCUT2D eigenvalue weighted by molar-refractivity contribution is -0.461. The maximum atomic E-state index is 14.0. The average molecular weight is 539 g/mol. The molecule has 0 bridgehead atoms. The highest BCUT2D eigenvalue weighted by Crippen LogP contribution is 2.46. The Morgan fingerprint density at radius 3 is 2.47 bits per heavy atom. The molecule has 5 rings (SSSR count). The molecular formula is C25H30F4N6O3. The van der Waals surface area contributed by atoms with E-state index in [4.69, 9.17) is 9.97 Å². The zero-order chi connectivity index (χ0) is 27.1. The molecule has 2 aliphatic carbocycles. The van der Waals surface area contributed by atoms with Gasteiger partial charge in [-0.05, 0) is 69.6 Å². The van der Waals surface area contributed by atoms with Crippen molar-refractivity contribution in [3.8, 4) is 5.75 Å². The van der Waals surface area contributed by atoms with E-state index in [0.717, 1.165) is 62.2 Å². The second-order valence-electron chi connectivity index (χ2n) is 10.1. The van der Waals surface area contributed by atoms with Gasteiger partial charge < -0.3 is 25.6 Å².